The summed E-state index contributed by atoms with van der Waals surface area (Å²) in [7, 11) is 0. The van der Waals surface area contributed by atoms with Gasteiger partial charge in [0.1, 0.15) is 0 Å². The highest BCUT2D eigenvalue weighted by molar-refractivity contribution is 5.97. The van der Waals surface area contributed by atoms with Crippen LogP contribution in [0.2, 0.25) is 0 Å². The fourth-order valence-corrected chi connectivity index (χ4v) is 4.35. The quantitative estimate of drug-likeness (QED) is 0.147. The molecule has 0 aromatic heterocycles. The van der Waals surface area contributed by atoms with Gasteiger partial charge in [-0.05, 0) is 91.2 Å². The molecule has 1 aliphatic rings. The van der Waals surface area contributed by atoms with Crippen LogP contribution in [0.1, 0.15) is 129 Å². The van der Waals surface area contributed by atoms with Crippen molar-refractivity contribution in [1.29, 1.82) is 0 Å². The second-order valence-electron chi connectivity index (χ2n) is 12.8. The largest absolute Gasteiger partial charge is 0.295 e. The number of allylic oxidation sites excluding steroid dienone is 24. The van der Waals surface area contributed by atoms with Crippen LogP contribution < -0.4 is 0 Å². The lowest BCUT2D eigenvalue weighted by Gasteiger charge is -2.32. The van der Waals surface area contributed by atoms with Gasteiger partial charge in [0, 0.05) is 6.42 Å². The Bertz CT molecular complexity index is 1280. The highest BCUT2D eigenvalue weighted by Gasteiger charge is 2.30. The minimum Gasteiger partial charge on any atom is -0.295 e. The summed E-state index contributed by atoms with van der Waals surface area (Å²) in [6.07, 6.45) is 39.1. The van der Waals surface area contributed by atoms with E-state index in [2.05, 4.69) is 173 Å². The Kier molecular flexibility index (Phi) is 26.0. The zero-order valence-corrected chi connectivity index (χ0v) is 32.2. The number of Topliss-reactive ketones (excluding diaryl/α,β-unsaturated/α-hetero) is 1. The van der Waals surface area contributed by atoms with Crippen molar-refractivity contribution < 1.29 is 4.79 Å². The van der Waals surface area contributed by atoms with E-state index in [1.807, 2.05) is 20.8 Å². The smallest absolute Gasteiger partial charge is 0.158 e. The molecule has 0 fully saturated rings. The number of carbonyl (C=O) groups excluding carboxylic acids is 1. The van der Waals surface area contributed by atoms with E-state index in [0.717, 1.165) is 36.0 Å². The molecule has 0 aromatic carbocycles. The third-order valence-electron chi connectivity index (χ3n) is 7.14. The summed E-state index contributed by atoms with van der Waals surface area (Å²) in [6.45, 7) is 29.6. The number of rotatable bonds is 13. The molecule has 0 atom stereocenters. The number of ketones is 1. The van der Waals surface area contributed by atoms with Gasteiger partial charge in [0.2, 0.25) is 0 Å². The topological polar surface area (TPSA) is 17.1 Å². The Balaban J connectivity index is 0. The molecule has 0 amide bonds. The molecule has 0 radical (unpaired) electrons. The van der Waals surface area contributed by atoms with Gasteiger partial charge in [-0.1, -0.05) is 179 Å². The maximum absolute atomic E-state index is 12.1. The molecule has 0 bridgehead atoms. The van der Waals surface area contributed by atoms with E-state index in [1.54, 1.807) is 0 Å². The molecule has 1 rings (SSSR count). The zero-order chi connectivity index (χ0) is 35.5. The van der Waals surface area contributed by atoms with Crippen molar-refractivity contribution in [2.75, 3.05) is 0 Å². The Morgan fingerprint density at radius 3 is 1.54 bits per heavy atom. The maximum atomic E-state index is 12.1. The van der Waals surface area contributed by atoms with Crippen molar-refractivity contribution in [1.82, 2.24) is 0 Å². The van der Waals surface area contributed by atoms with Gasteiger partial charge in [0.25, 0.3) is 0 Å². The first-order valence-electron chi connectivity index (χ1n) is 17.3. The molecular weight excluding hydrogens is 556 g/mol. The molecule has 0 heterocycles. The second kappa shape index (κ2) is 26.7. The SMILES string of the molecule is CC.CC(C)=CCC/C(C)=C/C=C/C(C)=C/C=C/C(C)=C/C=C/C=C(C)/C=C/C=C(C)/C=C/C1=C(C)C(=O)CCC1(C)C.CCC. The maximum Gasteiger partial charge on any atom is 0.158 e. The Hall–Kier alpha value is -3.45. The minimum atomic E-state index is 0.0494. The molecule has 254 valence electrons. The lowest BCUT2D eigenvalue weighted by Crippen LogP contribution is -2.24. The molecule has 46 heavy (non-hydrogen) atoms. The monoisotopic (exact) mass is 625 g/mol. The summed E-state index contributed by atoms with van der Waals surface area (Å²) < 4.78 is 0. The lowest BCUT2D eigenvalue weighted by atomic mass is 9.72. The van der Waals surface area contributed by atoms with Crippen LogP contribution in [0.3, 0.4) is 0 Å². The van der Waals surface area contributed by atoms with E-state index in [0.29, 0.717) is 6.42 Å². The van der Waals surface area contributed by atoms with Crippen molar-refractivity contribution >= 4 is 5.78 Å². The molecule has 0 saturated carbocycles. The summed E-state index contributed by atoms with van der Waals surface area (Å²) in [5.74, 6) is 0.278. The van der Waals surface area contributed by atoms with Gasteiger partial charge < -0.3 is 0 Å². The molecule has 0 spiro atoms. The standard InChI is InChI=1S/C40H54O.C3H8.C2H6/c1-31(2)17-13-20-34(5)23-15-25-35(6)24-14-21-32(3)18-11-12-19-33(4)22-16-26-36(7)27-28-38-37(8)39(41)29-30-40(38,9)10;1-3-2;1-2/h11-12,14-19,21-28H,13,20,29-30H2,1-10H3;3H2,1-2H3;1-2H3/b12-11+,21-14+,22-16+,25-15+,28-27+,32-18+,33-19+,34-23+,35-24+,36-26+;;. The van der Waals surface area contributed by atoms with Crippen LogP contribution in [0.15, 0.2) is 142 Å². The van der Waals surface area contributed by atoms with Crippen LogP contribution >= 0.6 is 0 Å². The van der Waals surface area contributed by atoms with Crippen LogP contribution in [-0.2, 0) is 4.79 Å². The van der Waals surface area contributed by atoms with Gasteiger partial charge >= 0.3 is 0 Å². The Morgan fingerprint density at radius 1 is 0.674 bits per heavy atom. The summed E-state index contributed by atoms with van der Waals surface area (Å²) in [4.78, 5) is 12.1. The normalized spacial score (nSPS) is 16.9. The average Bonchev–Trinajstić information content (AvgIpc) is 2.98. The first-order chi connectivity index (χ1) is 21.7. The molecule has 0 aliphatic heterocycles. The fraction of sp³-hybridized carbons (Fsp3) is 0.444. The van der Waals surface area contributed by atoms with Gasteiger partial charge in [-0.15, -0.1) is 0 Å². The van der Waals surface area contributed by atoms with Crippen LogP contribution in [0.25, 0.3) is 0 Å². The Labute approximate surface area is 286 Å². The van der Waals surface area contributed by atoms with Crippen molar-refractivity contribution in [3.63, 3.8) is 0 Å². The lowest BCUT2D eigenvalue weighted by molar-refractivity contribution is -0.116. The van der Waals surface area contributed by atoms with Crippen LogP contribution in [0.4, 0.5) is 0 Å². The van der Waals surface area contributed by atoms with Gasteiger partial charge in [-0.25, -0.2) is 0 Å². The molecule has 1 heteroatoms. The van der Waals surface area contributed by atoms with E-state index in [-0.39, 0.29) is 11.2 Å². The van der Waals surface area contributed by atoms with Crippen molar-refractivity contribution in [2.45, 2.75) is 129 Å². The summed E-state index contributed by atoms with van der Waals surface area (Å²) >= 11 is 0. The highest BCUT2D eigenvalue weighted by atomic mass is 16.1. The van der Waals surface area contributed by atoms with Crippen molar-refractivity contribution in [3.8, 4) is 0 Å². The van der Waals surface area contributed by atoms with E-state index in [1.165, 1.54) is 34.3 Å². The van der Waals surface area contributed by atoms with Gasteiger partial charge in [0.15, 0.2) is 5.78 Å². The molecule has 0 N–H and O–H groups in total. The molecule has 0 saturated heterocycles. The first kappa shape index (κ1) is 44.7. The molecular formula is C45H68O. The molecule has 1 aliphatic carbocycles. The zero-order valence-electron chi connectivity index (χ0n) is 32.2. The first-order valence-corrected chi connectivity index (χ1v) is 17.3. The van der Waals surface area contributed by atoms with Gasteiger partial charge in [-0.3, -0.25) is 4.79 Å². The highest BCUT2D eigenvalue weighted by Crippen LogP contribution is 2.39. The van der Waals surface area contributed by atoms with E-state index >= 15 is 0 Å². The molecule has 0 aromatic rings. The Morgan fingerprint density at radius 2 is 1.09 bits per heavy atom. The predicted octanol–water partition coefficient (Wildman–Crippen LogP) is 14.4. The summed E-state index contributed by atoms with van der Waals surface area (Å²) in [5.41, 5.74) is 9.67. The summed E-state index contributed by atoms with van der Waals surface area (Å²) in [6, 6.07) is 0. The van der Waals surface area contributed by atoms with E-state index < -0.39 is 0 Å². The van der Waals surface area contributed by atoms with Crippen molar-refractivity contribution in [3.05, 3.63) is 142 Å². The van der Waals surface area contributed by atoms with Crippen molar-refractivity contribution in [2.24, 2.45) is 5.41 Å². The summed E-state index contributed by atoms with van der Waals surface area (Å²) in [5, 5.41) is 0. The molecule has 1 nitrogen and oxygen atoms in total. The van der Waals surface area contributed by atoms with Crippen LogP contribution in [-0.4, -0.2) is 5.78 Å². The second-order valence-corrected chi connectivity index (χ2v) is 12.8. The minimum absolute atomic E-state index is 0.0494. The third kappa shape index (κ3) is 23.0. The number of hydrogen-bond acceptors (Lipinski definition) is 1. The van der Waals surface area contributed by atoms with E-state index in [9.17, 15) is 4.79 Å². The van der Waals surface area contributed by atoms with E-state index in [4.69, 9.17) is 0 Å². The fourth-order valence-electron chi connectivity index (χ4n) is 4.35. The van der Waals surface area contributed by atoms with Crippen LogP contribution in [0, 0.1) is 5.41 Å². The molecule has 0 unspecified atom stereocenters. The number of carbonyl (C=O) groups is 1. The number of hydrogen-bond donors (Lipinski definition) is 0. The van der Waals surface area contributed by atoms with Crippen LogP contribution in [0.5, 0.6) is 0 Å². The third-order valence-corrected chi connectivity index (χ3v) is 7.14. The van der Waals surface area contributed by atoms with Gasteiger partial charge in [-0.2, -0.15) is 0 Å². The predicted molar refractivity (Wildman–Crippen MR) is 211 cm³/mol. The average molecular weight is 625 g/mol. The van der Waals surface area contributed by atoms with Gasteiger partial charge in [0.05, 0.1) is 0 Å².